The summed E-state index contributed by atoms with van der Waals surface area (Å²) in [5.41, 5.74) is 0.808. The first-order chi connectivity index (χ1) is 9.05. The highest BCUT2D eigenvalue weighted by Crippen LogP contribution is 2.29. The lowest BCUT2D eigenvalue weighted by atomic mass is 9.94. The minimum atomic E-state index is -0.337. The van der Waals surface area contributed by atoms with Crippen LogP contribution in [-0.2, 0) is 5.54 Å². The van der Waals surface area contributed by atoms with E-state index in [1.807, 2.05) is 18.2 Å². The summed E-state index contributed by atoms with van der Waals surface area (Å²) in [4.78, 5) is 4.51. The number of rotatable bonds is 5. The monoisotopic (exact) mass is 295 g/mol. The summed E-state index contributed by atoms with van der Waals surface area (Å²) in [7, 11) is 0. The van der Waals surface area contributed by atoms with Crippen LogP contribution in [0.15, 0.2) is 30.3 Å². The predicted molar refractivity (Wildman–Crippen MR) is 82.1 cm³/mol. The second-order valence-electron chi connectivity index (χ2n) is 5.07. The fraction of sp³-hybridized carbons (Fsp3) is 0.429. The van der Waals surface area contributed by atoms with Gasteiger partial charge in [0.1, 0.15) is 5.82 Å². The second kappa shape index (κ2) is 5.88. The molecule has 0 spiro atoms. The maximum Gasteiger partial charge on any atom is 0.203 e. The van der Waals surface area contributed by atoms with Crippen LogP contribution in [0.4, 0.5) is 5.13 Å². The molecule has 1 heterocycles. The van der Waals surface area contributed by atoms with Crippen LogP contribution in [0.2, 0.25) is 0 Å². The number of anilines is 1. The van der Waals surface area contributed by atoms with Gasteiger partial charge in [-0.05, 0) is 12.5 Å². The largest absolute Gasteiger partial charge is 0.350 e. The maximum absolute atomic E-state index is 6.16. The number of nitrogens with one attached hydrogen (secondary N) is 1. The van der Waals surface area contributed by atoms with E-state index in [4.69, 9.17) is 11.6 Å². The zero-order valence-corrected chi connectivity index (χ0v) is 12.9. The van der Waals surface area contributed by atoms with Gasteiger partial charge in [0.2, 0.25) is 5.13 Å². The number of hydrogen-bond acceptors (Lipinski definition) is 4. The lowest BCUT2D eigenvalue weighted by Gasteiger charge is -2.28. The molecule has 0 fully saturated rings. The normalized spacial score (nSPS) is 14.4. The van der Waals surface area contributed by atoms with E-state index in [-0.39, 0.29) is 5.54 Å². The van der Waals surface area contributed by atoms with Crippen LogP contribution < -0.4 is 5.32 Å². The summed E-state index contributed by atoms with van der Waals surface area (Å²) in [5, 5.41) is 4.23. The highest BCUT2D eigenvalue weighted by atomic mass is 35.5. The molecule has 0 saturated heterocycles. The molecule has 1 unspecified atom stereocenters. The molecule has 0 amide bonds. The molecule has 0 bridgehead atoms. The third-order valence-corrected chi connectivity index (χ3v) is 4.20. The molecule has 1 aromatic carbocycles. The van der Waals surface area contributed by atoms with E-state index in [2.05, 4.69) is 47.6 Å². The van der Waals surface area contributed by atoms with Gasteiger partial charge in [0.05, 0.1) is 5.54 Å². The molecule has 5 heteroatoms. The van der Waals surface area contributed by atoms with Crippen LogP contribution in [-0.4, -0.2) is 15.2 Å². The molecule has 2 rings (SSSR count). The van der Waals surface area contributed by atoms with Gasteiger partial charge in [-0.3, -0.25) is 0 Å². The molecule has 102 valence electrons. The van der Waals surface area contributed by atoms with Crippen LogP contribution in [0.3, 0.4) is 0 Å². The van der Waals surface area contributed by atoms with Crippen LogP contribution >= 0.6 is 23.1 Å². The SMILES string of the molecule is CC(C)c1nsc(NC(C)(CCl)c2ccccc2)n1. The van der Waals surface area contributed by atoms with Gasteiger partial charge in [-0.15, -0.1) is 11.6 Å². The number of alkyl halides is 1. The van der Waals surface area contributed by atoms with Gasteiger partial charge in [0, 0.05) is 23.3 Å². The molecule has 19 heavy (non-hydrogen) atoms. The summed E-state index contributed by atoms with van der Waals surface area (Å²) in [6.07, 6.45) is 0. The Bertz CT molecular complexity index is 526. The lowest BCUT2D eigenvalue weighted by molar-refractivity contribution is 0.615. The van der Waals surface area contributed by atoms with Gasteiger partial charge in [-0.25, -0.2) is 4.98 Å². The van der Waals surface area contributed by atoms with E-state index in [1.165, 1.54) is 11.5 Å². The zero-order valence-electron chi connectivity index (χ0n) is 11.4. The first kappa shape index (κ1) is 14.3. The van der Waals surface area contributed by atoms with Gasteiger partial charge in [0.25, 0.3) is 0 Å². The van der Waals surface area contributed by atoms with E-state index in [0.29, 0.717) is 11.8 Å². The summed E-state index contributed by atoms with van der Waals surface area (Å²) in [5.74, 6) is 1.68. The Kier molecular flexibility index (Phi) is 4.42. The third-order valence-electron chi connectivity index (χ3n) is 3.02. The van der Waals surface area contributed by atoms with E-state index in [1.54, 1.807) is 0 Å². The van der Waals surface area contributed by atoms with Crippen molar-refractivity contribution in [3.05, 3.63) is 41.7 Å². The van der Waals surface area contributed by atoms with Crippen molar-refractivity contribution < 1.29 is 0 Å². The summed E-state index contributed by atoms with van der Waals surface area (Å²) >= 11 is 7.54. The molecule has 1 N–H and O–H groups in total. The van der Waals surface area contributed by atoms with E-state index >= 15 is 0 Å². The van der Waals surface area contributed by atoms with Gasteiger partial charge in [0.15, 0.2) is 0 Å². The smallest absolute Gasteiger partial charge is 0.203 e. The number of aromatic nitrogens is 2. The maximum atomic E-state index is 6.16. The van der Waals surface area contributed by atoms with Crippen LogP contribution in [0, 0.1) is 0 Å². The average molecular weight is 296 g/mol. The zero-order chi connectivity index (χ0) is 13.9. The van der Waals surface area contributed by atoms with E-state index < -0.39 is 0 Å². The molecule has 0 aliphatic carbocycles. The van der Waals surface area contributed by atoms with E-state index in [0.717, 1.165) is 16.5 Å². The summed E-state index contributed by atoms with van der Waals surface area (Å²) in [6, 6.07) is 10.2. The molecular weight excluding hydrogens is 278 g/mol. The van der Waals surface area contributed by atoms with Crippen molar-refractivity contribution in [1.29, 1.82) is 0 Å². The van der Waals surface area contributed by atoms with Gasteiger partial charge in [-0.1, -0.05) is 44.2 Å². The standard InChI is InChI=1S/C14H18ClN3S/c1-10(2)12-16-13(19-18-12)17-14(3,9-15)11-7-5-4-6-8-11/h4-8,10H,9H2,1-3H3,(H,16,17,18). The minimum absolute atomic E-state index is 0.337. The van der Waals surface area contributed by atoms with Crippen LogP contribution in [0.25, 0.3) is 0 Å². The van der Waals surface area contributed by atoms with Crippen LogP contribution in [0.5, 0.6) is 0 Å². The number of hydrogen-bond donors (Lipinski definition) is 1. The van der Waals surface area contributed by atoms with Crippen molar-refractivity contribution in [3.8, 4) is 0 Å². The molecule has 2 aromatic rings. The highest BCUT2D eigenvalue weighted by Gasteiger charge is 2.26. The average Bonchev–Trinajstić information content (AvgIpc) is 2.88. The Hall–Kier alpha value is -1.13. The number of benzene rings is 1. The van der Waals surface area contributed by atoms with Gasteiger partial charge >= 0.3 is 0 Å². The minimum Gasteiger partial charge on any atom is -0.350 e. The Balaban J connectivity index is 2.23. The molecular formula is C14H18ClN3S. The Morgan fingerprint density at radius 3 is 2.53 bits per heavy atom. The quantitative estimate of drug-likeness (QED) is 0.839. The number of halogens is 1. The van der Waals surface area contributed by atoms with Gasteiger partial charge < -0.3 is 5.32 Å². The first-order valence-corrected chi connectivity index (χ1v) is 7.59. The Morgan fingerprint density at radius 2 is 2.00 bits per heavy atom. The van der Waals surface area contributed by atoms with Crippen molar-refractivity contribution in [2.75, 3.05) is 11.2 Å². The molecule has 3 nitrogen and oxygen atoms in total. The predicted octanol–water partition coefficient (Wildman–Crippen LogP) is 4.23. The molecule has 0 aliphatic rings. The van der Waals surface area contributed by atoms with Crippen molar-refractivity contribution in [1.82, 2.24) is 9.36 Å². The topological polar surface area (TPSA) is 37.8 Å². The van der Waals surface area contributed by atoms with Gasteiger partial charge in [-0.2, -0.15) is 4.37 Å². The number of nitrogens with zero attached hydrogens (tertiary/aromatic N) is 2. The first-order valence-electron chi connectivity index (χ1n) is 6.28. The Morgan fingerprint density at radius 1 is 1.32 bits per heavy atom. The highest BCUT2D eigenvalue weighted by molar-refractivity contribution is 7.09. The molecule has 0 radical (unpaired) electrons. The summed E-state index contributed by atoms with van der Waals surface area (Å²) < 4.78 is 4.35. The fourth-order valence-corrected chi connectivity index (χ4v) is 2.80. The molecule has 0 saturated carbocycles. The van der Waals surface area contributed by atoms with Crippen molar-refractivity contribution in [2.24, 2.45) is 0 Å². The van der Waals surface area contributed by atoms with Crippen molar-refractivity contribution in [3.63, 3.8) is 0 Å². The second-order valence-corrected chi connectivity index (χ2v) is 6.09. The van der Waals surface area contributed by atoms with Crippen molar-refractivity contribution in [2.45, 2.75) is 32.2 Å². The van der Waals surface area contributed by atoms with Crippen LogP contribution in [0.1, 0.15) is 38.1 Å². The molecule has 1 aromatic heterocycles. The molecule has 1 atom stereocenters. The van der Waals surface area contributed by atoms with Crippen molar-refractivity contribution >= 4 is 28.3 Å². The Labute approximate surface area is 123 Å². The van der Waals surface area contributed by atoms with E-state index in [9.17, 15) is 0 Å². The lowest BCUT2D eigenvalue weighted by Crippen LogP contribution is -2.33. The summed E-state index contributed by atoms with van der Waals surface area (Å²) in [6.45, 7) is 6.25. The molecule has 0 aliphatic heterocycles. The fourth-order valence-electron chi connectivity index (χ4n) is 1.74. The third kappa shape index (κ3) is 3.25.